The zero-order valence-electron chi connectivity index (χ0n) is 7.62. The van der Waals surface area contributed by atoms with E-state index in [9.17, 15) is 0 Å². The van der Waals surface area contributed by atoms with E-state index >= 15 is 0 Å². The van der Waals surface area contributed by atoms with Gasteiger partial charge in [0.1, 0.15) is 0 Å². The molecule has 0 saturated carbocycles. The van der Waals surface area contributed by atoms with E-state index in [1.54, 1.807) is 6.33 Å². The molecule has 3 rings (SSSR count). The fraction of sp³-hybridized carbons (Fsp3) is 0. The Balaban J connectivity index is 0.000000124. The van der Waals surface area contributed by atoms with E-state index in [1.165, 1.54) is 0 Å². The van der Waals surface area contributed by atoms with Crippen LogP contribution < -0.4 is 0 Å². The van der Waals surface area contributed by atoms with Crippen molar-refractivity contribution in [3.05, 3.63) is 30.6 Å². The Kier molecular flexibility index (Phi) is 2.93. The molecule has 0 unspecified atom stereocenters. The molecule has 0 aliphatic rings. The predicted octanol–water partition coefficient (Wildman–Crippen LogP) is 1.05. The van der Waals surface area contributed by atoms with Crippen molar-refractivity contribution >= 4 is 23.7 Å². The first-order chi connectivity index (χ1) is 7.36. The molecule has 0 aliphatic heterocycles. The van der Waals surface area contributed by atoms with Gasteiger partial charge in [0, 0.05) is 0 Å². The topological polar surface area (TPSA) is 83.1 Å². The monoisotopic (exact) mass is 220 g/mol. The summed E-state index contributed by atoms with van der Waals surface area (Å²) < 4.78 is 0. The van der Waals surface area contributed by atoms with Crippen LogP contribution in [0.2, 0.25) is 0 Å². The fourth-order valence-corrected chi connectivity index (χ4v) is 1.12. The number of para-hydroxylation sites is 2. The molecule has 0 bridgehead atoms. The lowest BCUT2D eigenvalue weighted by atomic mass is 10.3. The maximum absolute atomic E-state index is 4.06. The van der Waals surface area contributed by atoms with Crippen LogP contribution in [0.5, 0.6) is 0 Å². The molecule has 76 valence electrons. The maximum Gasteiger partial charge on any atom is 0.203 e. The Bertz CT molecular complexity index is 486. The van der Waals surface area contributed by atoms with Crippen LogP contribution in [0.1, 0.15) is 0 Å². The van der Waals surface area contributed by atoms with Crippen LogP contribution in [0.3, 0.4) is 0 Å². The Labute approximate surface area is 90.5 Å². The second-order valence-corrected chi connectivity index (χ2v) is 3.07. The molecule has 0 fully saturated rings. The Hall–Kier alpha value is -1.89. The van der Waals surface area contributed by atoms with Crippen molar-refractivity contribution in [3.63, 3.8) is 0 Å². The molecule has 2 N–H and O–H groups in total. The molecule has 6 nitrogen and oxygen atoms in total. The molecule has 3 aromatic rings. The van der Waals surface area contributed by atoms with Gasteiger partial charge in [-0.2, -0.15) is 0 Å². The lowest BCUT2D eigenvalue weighted by molar-refractivity contribution is 0.881. The van der Waals surface area contributed by atoms with Crippen molar-refractivity contribution in [3.8, 4) is 0 Å². The molecule has 7 heteroatoms. The van der Waals surface area contributed by atoms with Crippen LogP contribution in [-0.4, -0.2) is 30.6 Å². The van der Waals surface area contributed by atoms with Crippen LogP contribution in [0.15, 0.2) is 35.7 Å². The zero-order chi connectivity index (χ0) is 10.5. The molecule has 1 aromatic carbocycles. The lowest BCUT2D eigenvalue weighted by Gasteiger charge is -1.81. The summed E-state index contributed by atoms with van der Waals surface area (Å²) in [5, 5.41) is 12.6. The molecular weight excluding hydrogens is 212 g/mol. The number of rotatable bonds is 0. The second-order valence-electron chi connectivity index (χ2n) is 2.64. The third-order valence-corrected chi connectivity index (χ3v) is 1.85. The highest BCUT2D eigenvalue weighted by molar-refractivity contribution is 7.80. The van der Waals surface area contributed by atoms with Crippen LogP contribution in [0, 0.1) is 0 Å². The van der Waals surface area contributed by atoms with Crippen LogP contribution in [0.25, 0.3) is 11.0 Å². The quantitative estimate of drug-likeness (QED) is 0.494. The molecule has 0 radical (unpaired) electrons. The van der Waals surface area contributed by atoms with Crippen LogP contribution >= 0.6 is 12.6 Å². The molecule has 2 aromatic heterocycles. The number of nitrogens with one attached hydrogen (secondary N) is 2. The first-order valence-electron chi connectivity index (χ1n) is 4.17. The van der Waals surface area contributed by atoms with Crippen LogP contribution in [-0.2, 0) is 0 Å². The van der Waals surface area contributed by atoms with Gasteiger partial charge in [-0.25, -0.2) is 10.1 Å². The number of imidazole rings is 1. The van der Waals surface area contributed by atoms with E-state index in [1.807, 2.05) is 24.3 Å². The minimum Gasteiger partial charge on any atom is -0.345 e. The zero-order valence-corrected chi connectivity index (χ0v) is 8.52. The summed E-state index contributed by atoms with van der Waals surface area (Å²) >= 11 is 3.74. The van der Waals surface area contributed by atoms with Gasteiger partial charge in [0.15, 0.2) is 0 Å². The van der Waals surface area contributed by atoms with Gasteiger partial charge in [-0.3, -0.25) is 0 Å². The van der Waals surface area contributed by atoms with Gasteiger partial charge >= 0.3 is 0 Å². The van der Waals surface area contributed by atoms with E-state index in [0.717, 1.165) is 11.0 Å². The Morgan fingerprint density at radius 3 is 2.67 bits per heavy atom. The number of fused-ring (bicyclic) bond motifs is 1. The first-order valence-corrected chi connectivity index (χ1v) is 4.62. The van der Waals surface area contributed by atoms with Crippen molar-refractivity contribution in [1.29, 1.82) is 0 Å². The molecule has 0 atom stereocenters. The number of tetrazole rings is 1. The Morgan fingerprint density at radius 1 is 1.20 bits per heavy atom. The SMILES string of the molecule is Sc1nnn[nH]1.c1ccc2[nH]cnc2c1. The summed E-state index contributed by atoms with van der Waals surface area (Å²) in [6.45, 7) is 0. The summed E-state index contributed by atoms with van der Waals surface area (Å²) in [7, 11) is 0. The van der Waals surface area contributed by atoms with Crippen molar-refractivity contribution in [2.45, 2.75) is 5.16 Å². The molecule has 0 amide bonds. The number of hydrogen-bond donors (Lipinski definition) is 3. The summed E-state index contributed by atoms with van der Waals surface area (Å²) in [6, 6.07) is 7.94. The van der Waals surface area contributed by atoms with Gasteiger partial charge in [-0.15, -0.1) is 17.7 Å². The number of benzene rings is 1. The number of aromatic amines is 2. The number of hydrogen-bond acceptors (Lipinski definition) is 5. The summed E-state index contributed by atoms with van der Waals surface area (Å²) in [6.07, 6.45) is 1.70. The lowest BCUT2D eigenvalue weighted by Crippen LogP contribution is -1.64. The average molecular weight is 220 g/mol. The van der Waals surface area contributed by atoms with Crippen molar-refractivity contribution in [2.24, 2.45) is 0 Å². The summed E-state index contributed by atoms with van der Waals surface area (Å²) in [5.74, 6) is 0. The molecule has 15 heavy (non-hydrogen) atoms. The van der Waals surface area contributed by atoms with E-state index < -0.39 is 0 Å². The molecule has 0 spiro atoms. The van der Waals surface area contributed by atoms with E-state index in [4.69, 9.17) is 0 Å². The van der Waals surface area contributed by atoms with Crippen molar-refractivity contribution in [1.82, 2.24) is 30.6 Å². The predicted molar refractivity (Wildman–Crippen MR) is 57.5 cm³/mol. The standard InChI is InChI=1S/C7H6N2.CH2N4S/c1-2-4-7-6(3-1)8-5-9-7;6-1-2-4-5-3-1/h1-5H,(H,8,9);(H2,2,3,4,5,6). The number of nitrogens with zero attached hydrogens (tertiary/aromatic N) is 4. The maximum atomic E-state index is 4.06. The second kappa shape index (κ2) is 4.56. The van der Waals surface area contributed by atoms with E-state index in [2.05, 4.69) is 43.2 Å². The summed E-state index contributed by atoms with van der Waals surface area (Å²) in [5.41, 5.74) is 2.12. The van der Waals surface area contributed by atoms with Gasteiger partial charge in [-0.05, 0) is 22.6 Å². The normalized spacial score (nSPS) is 9.67. The highest BCUT2D eigenvalue weighted by Gasteiger charge is 1.88. The molecule has 0 aliphatic carbocycles. The third kappa shape index (κ3) is 2.53. The Morgan fingerprint density at radius 2 is 2.07 bits per heavy atom. The summed E-state index contributed by atoms with van der Waals surface area (Å²) in [4.78, 5) is 7.07. The minimum absolute atomic E-state index is 0.440. The number of thiol groups is 1. The van der Waals surface area contributed by atoms with Gasteiger partial charge in [-0.1, -0.05) is 12.1 Å². The van der Waals surface area contributed by atoms with Crippen molar-refractivity contribution in [2.75, 3.05) is 0 Å². The molecular formula is C8H8N6S. The van der Waals surface area contributed by atoms with E-state index in [-0.39, 0.29) is 0 Å². The number of aromatic nitrogens is 6. The highest BCUT2D eigenvalue weighted by atomic mass is 32.1. The smallest absolute Gasteiger partial charge is 0.203 e. The van der Waals surface area contributed by atoms with Gasteiger partial charge < -0.3 is 4.98 Å². The largest absolute Gasteiger partial charge is 0.345 e. The average Bonchev–Trinajstić information content (AvgIpc) is 2.88. The number of H-pyrrole nitrogens is 2. The van der Waals surface area contributed by atoms with E-state index in [0.29, 0.717) is 5.16 Å². The fourth-order valence-electron chi connectivity index (χ4n) is 1.03. The highest BCUT2D eigenvalue weighted by Crippen LogP contribution is 2.05. The van der Waals surface area contributed by atoms with Gasteiger partial charge in [0.2, 0.25) is 5.16 Å². The van der Waals surface area contributed by atoms with Crippen molar-refractivity contribution < 1.29 is 0 Å². The third-order valence-electron chi connectivity index (χ3n) is 1.66. The van der Waals surface area contributed by atoms with Gasteiger partial charge in [0.05, 0.1) is 17.4 Å². The first kappa shape index (κ1) is 9.66. The molecule has 0 saturated heterocycles. The van der Waals surface area contributed by atoms with Crippen LogP contribution in [0.4, 0.5) is 0 Å². The van der Waals surface area contributed by atoms with Gasteiger partial charge in [0.25, 0.3) is 0 Å². The molecule has 2 heterocycles. The minimum atomic E-state index is 0.440.